The van der Waals surface area contributed by atoms with E-state index in [4.69, 9.17) is 0 Å². The van der Waals surface area contributed by atoms with E-state index < -0.39 is 6.04 Å². The molecule has 5 heteroatoms. The number of rotatable bonds is 4. The molecule has 27 heavy (non-hydrogen) atoms. The maximum Gasteiger partial charge on any atom is 0.252 e. The maximum atomic E-state index is 13.8. The number of nitrogens with zero attached hydrogens (tertiary/aromatic N) is 2. The number of fused-ring (bicyclic) bond motifs is 1. The summed E-state index contributed by atoms with van der Waals surface area (Å²) in [5.74, 6) is 0.141. The van der Waals surface area contributed by atoms with Crippen LogP contribution in [-0.4, -0.2) is 15.5 Å². The fourth-order valence-corrected chi connectivity index (χ4v) is 3.73. The highest BCUT2D eigenvalue weighted by Gasteiger charge is 2.22. The third kappa shape index (κ3) is 3.63. The molecular formula is C22H22FN3O. The molecule has 0 aliphatic heterocycles. The molecule has 0 saturated heterocycles. The second-order valence-corrected chi connectivity index (χ2v) is 7.05. The molecule has 4 rings (SSSR count). The molecule has 1 heterocycles. The quantitative estimate of drug-likeness (QED) is 0.763. The van der Waals surface area contributed by atoms with E-state index in [9.17, 15) is 9.18 Å². The van der Waals surface area contributed by atoms with Crippen molar-refractivity contribution in [3.8, 4) is 0 Å². The predicted molar refractivity (Wildman–Crippen MR) is 102 cm³/mol. The van der Waals surface area contributed by atoms with Crippen LogP contribution in [0.25, 0.3) is 0 Å². The smallest absolute Gasteiger partial charge is 0.252 e. The molecule has 0 bridgehead atoms. The molecule has 1 N–H and O–H groups in total. The highest BCUT2D eigenvalue weighted by molar-refractivity contribution is 5.95. The largest absolute Gasteiger partial charge is 0.338 e. The number of aryl methyl sites for hydroxylation is 3. The number of halogens is 1. The van der Waals surface area contributed by atoms with Crippen molar-refractivity contribution in [1.82, 2.24) is 14.9 Å². The van der Waals surface area contributed by atoms with Gasteiger partial charge in [0, 0.05) is 25.0 Å². The van der Waals surface area contributed by atoms with Crippen LogP contribution in [0.3, 0.4) is 0 Å². The summed E-state index contributed by atoms with van der Waals surface area (Å²) in [5, 5.41) is 3.04. The summed E-state index contributed by atoms with van der Waals surface area (Å²) in [6, 6.07) is 11.7. The SMILES string of the molecule is Cn1ccnc1[C@@H](NC(=O)c1ccc2c(c1)CCCC2)c1cccc(F)c1. The monoisotopic (exact) mass is 363 g/mol. The van der Waals surface area contributed by atoms with Crippen LogP contribution >= 0.6 is 0 Å². The van der Waals surface area contributed by atoms with E-state index in [-0.39, 0.29) is 11.7 Å². The number of carbonyl (C=O) groups excluding carboxylic acids is 1. The molecule has 0 radical (unpaired) electrons. The van der Waals surface area contributed by atoms with E-state index in [0.717, 1.165) is 19.3 Å². The highest BCUT2D eigenvalue weighted by atomic mass is 19.1. The van der Waals surface area contributed by atoms with Crippen LogP contribution in [-0.2, 0) is 19.9 Å². The summed E-state index contributed by atoms with van der Waals surface area (Å²) in [6.07, 6.45) is 7.95. The van der Waals surface area contributed by atoms with Gasteiger partial charge in [-0.15, -0.1) is 0 Å². The number of hydrogen-bond donors (Lipinski definition) is 1. The third-order valence-corrected chi connectivity index (χ3v) is 5.18. The lowest BCUT2D eigenvalue weighted by Gasteiger charge is -2.20. The second kappa shape index (κ2) is 7.35. The average molecular weight is 363 g/mol. The Hall–Kier alpha value is -2.95. The Morgan fingerprint density at radius 2 is 1.96 bits per heavy atom. The van der Waals surface area contributed by atoms with Crippen LogP contribution in [0.2, 0.25) is 0 Å². The number of imidazole rings is 1. The summed E-state index contributed by atoms with van der Waals surface area (Å²) in [7, 11) is 1.86. The van der Waals surface area contributed by atoms with Crippen molar-refractivity contribution in [3.05, 3.63) is 88.8 Å². The number of nitrogens with one attached hydrogen (secondary N) is 1. The average Bonchev–Trinajstić information content (AvgIpc) is 3.11. The van der Waals surface area contributed by atoms with Crippen molar-refractivity contribution in [2.75, 3.05) is 0 Å². The van der Waals surface area contributed by atoms with Crippen LogP contribution < -0.4 is 5.32 Å². The summed E-state index contributed by atoms with van der Waals surface area (Å²) < 4.78 is 15.6. The van der Waals surface area contributed by atoms with Gasteiger partial charge in [0.05, 0.1) is 0 Å². The number of carbonyl (C=O) groups is 1. The Morgan fingerprint density at radius 1 is 1.15 bits per heavy atom. The predicted octanol–water partition coefficient (Wildman–Crippen LogP) is 3.96. The fraction of sp³-hybridized carbons (Fsp3) is 0.273. The Balaban J connectivity index is 1.65. The van der Waals surface area contributed by atoms with E-state index in [1.165, 1.54) is 29.7 Å². The van der Waals surface area contributed by atoms with Gasteiger partial charge in [-0.3, -0.25) is 4.79 Å². The minimum absolute atomic E-state index is 0.180. The van der Waals surface area contributed by atoms with E-state index >= 15 is 0 Å². The first kappa shape index (κ1) is 17.5. The second-order valence-electron chi connectivity index (χ2n) is 7.05. The highest BCUT2D eigenvalue weighted by Crippen LogP contribution is 2.24. The minimum Gasteiger partial charge on any atom is -0.338 e. The fourth-order valence-electron chi connectivity index (χ4n) is 3.73. The van der Waals surface area contributed by atoms with Crippen LogP contribution in [0.1, 0.15) is 51.8 Å². The van der Waals surface area contributed by atoms with E-state index in [2.05, 4.69) is 16.4 Å². The molecule has 0 spiro atoms. The van der Waals surface area contributed by atoms with Crippen molar-refractivity contribution in [2.24, 2.45) is 7.05 Å². The van der Waals surface area contributed by atoms with Crippen LogP contribution in [0.4, 0.5) is 4.39 Å². The Bertz CT molecular complexity index is 979. The van der Waals surface area contributed by atoms with E-state index in [0.29, 0.717) is 17.0 Å². The summed E-state index contributed by atoms with van der Waals surface area (Å²) >= 11 is 0. The number of amides is 1. The van der Waals surface area contributed by atoms with Crippen LogP contribution in [0.15, 0.2) is 54.9 Å². The van der Waals surface area contributed by atoms with E-state index in [1.54, 1.807) is 18.3 Å². The molecular weight excluding hydrogens is 341 g/mol. The van der Waals surface area contributed by atoms with Crippen molar-refractivity contribution in [3.63, 3.8) is 0 Å². The zero-order valence-corrected chi connectivity index (χ0v) is 15.3. The van der Waals surface area contributed by atoms with Gasteiger partial charge >= 0.3 is 0 Å². The van der Waals surface area contributed by atoms with Crippen molar-refractivity contribution < 1.29 is 9.18 Å². The Morgan fingerprint density at radius 3 is 2.70 bits per heavy atom. The first-order valence-electron chi connectivity index (χ1n) is 9.27. The van der Waals surface area contributed by atoms with Crippen LogP contribution in [0.5, 0.6) is 0 Å². The summed E-state index contributed by atoms with van der Waals surface area (Å²) in [4.78, 5) is 17.3. The van der Waals surface area contributed by atoms with Crippen LogP contribution in [0, 0.1) is 5.82 Å². The normalized spacial score (nSPS) is 14.4. The molecule has 138 valence electrons. The Kier molecular flexibility index (Phi) is 4.75. The van der Waals surface area contributed by atoms with Gasteiger partial charge in [0.1, 0.15) is 17.7 Å². The van der Waals surface area contributed by atoms with Gasteiger partial charge in [0.15, 0.2) is 0 Å². The molecule has 2 aromatic carbocycles. The first-order chi connectivity index (χ1) is 13.1. The molecule has 4 nitrogen and oxygen atoms in total. The van der Waals surface area contributed by atoms with Gasteiger partial charge < -0.3 is 9.88 Å². The van der Waals surface area contributed by atoms with Gasteiger partial charge in [-0.05, 0) is 66.6 Å². The number of aromatic nitrogens is 2. The lowest BCUT2D eigenvalue weighted by molar-refractivity contribution is 0.0941. The number of benzene rings is 2. The van der Waals surface area contributed by atoms with Crippen molar-refractivity contribution in [1.29, 1.82) is 0 Å². The molecule has 1 amide bonds. The van der Waals surface area contributed by atoms with Gasteiger partial charge in [-0.1, -0.05) is 18.2 Å². The van der Waals surface area contributed by atoms with Gasteiger partial charge in [-0.2, -0.15) is 0 Å². The minimum atomic E-state index is -0.524. The maximum absolute atomic E-state index is 13.8. The third-order valence-electron chi connectivity index (χ3n) is 5.18. The standard InChI is InChI=1S/C22H22FN3O/c1-26-12-11-24-21(26)20(17-7-4-8-19(23)14-17)25-22(27)18-10-9-15-5-2-3-6-16(15)13-18/h4,7-14,20H,2-3,5-6H2,1H3,(H,25,27)/t20-/m0/s1. The molecule has 3 aromatic rings. The number of hydrogen-bond acceptors (Lipinski definition) is 2. The van der Waals surface area contributed by atoms with E-state index in [1.807, 2.05) is 29.9 Å². The molecule has 1 aliphatic rings. The van der Waals surface area contributed by atoms with Gasteiger partial charge in [0.2, 0.25) is 0 Å². The lowest BCUT2D eigenvalue weighted by atomic mass is 9.90. The summed E-state index contributed by atoms with van der Waals surface area (Å²) in [5.41, 5.74) is 3.89. The topological polar surface area (TPSA) is 46.9 Å². The molecule has 1 aromatic heterocycles. The lowest BCUT2D eigenvalue weighted by Crippen LogP contribution is -2.31. The van der Waals surface area contributed by atoms with Crippen molar-refractivity contribution >= 4 is 5.91 Å². The Labute approximate surface area is 158 Å². The zero-order valence-electron chi connectivity index (χ0n) is 15.3. The molecule has 1 aliphatic carbocycles. The molecule has 1 atom stereocenters. The summed E-state index contributed by atoms with van der Waals surface area (Å²) in [6.45, 7) is 0. The van der Waals surface area contributed by atoms with Gasteiger partial charge in [0.25, 0.3) is 5.91 Å². The first-order valence-corrected chi connectivity index (χ1v) is 9.27. The van der Waals surface area contributed by atoms with Gasteiger partial charge in [-0.25, -0.2) is 9.37 Å². The molecule has 0 fully saturated rings. The molecule has 0 unspecified atom stereocenters. The molecule has 0 saturated carbocycles. The zero-order chi connectivity index (χ0) is 18.8. The van der Waals surface area contributed by atoms with Crippen molar-refractivity contribution in [2.45, 2.75) is 31.7 Å².